The number of alkyl halides is 3. The lowest BCUT2D eigenvalue weighted by atomic mass is 10.1. The van der Waals surface area contributed by atoms with Crippen LogP contribution in [-0.4, -0.2) is 35.1 Å². The maximum Gasteiger partial charge on any atom is 0.445 e. The van der Waals surface area contributed by atoms with Gasteiger partial charge in [0.1, 0.15) is 11.6 Å². The highest BCUT2D eigenvalue weighted by Crippen LogP contribution is 2.33. The van der Waals surface area contributed by atoms with Crippen molar-refractivity contribution in [3.8, 4) is 17.6 Å². The van der Waals surface area contributed by atoms with Gasteiger partial charge in [0.25, 0.3) is 5.91 Å². The van der Waals surface area contributed by atoms with Crippen molar-refractivity contribution in [2.24, 2.45) is 0 Å². The Morgan fingerprint density at radius 1 is 1.19 bits per heavy atom. The molecule has 0 atom stereocenters. The van der Waals surface area contributed by atoms with Gasteiger partial charge >= 0.3 is 6.18 Å². The lowest BCUT2D eigenvalue weighted by Gasteiger charge is -2.13. The van der Waals surface area contributed by atoms with Crippen molar-refractivity contribution < 1.29 is 27.4 Å². The first kappa shape index (κ1) is 27.3. The predicted octanol–water partition coefficient (Wildman–Crippen LogP) is 6.33. The van der Waals surface area contributed by atoms with Gasteiger partial charge in [0.15, 0.2) is 11.5 Å². The lowest BCUT2D eigenvalue weighted by molar-refractivity contribution is -0.138. The second-order valence-corrected chi connectivity index (χ2v) is 9.41. The largest absolute Gasteiger partial charge is 0.490 e. The Morgan fingerprint density at radius 3 is 2.58 bits per heavy atom. The minimum Gasteiger partial charge on any atom is -0.490 e. The van der Waals surface area contributed by atoms with E-state index >= 15 is 0 Å². The molecule has 0 aliphatic rings. The van der Waals surface area contributed by atoms with Crippen LogP contribution < -0.4 is 14.8 Å². The first-order chi connectivity index (χ1) is 17.2. The van der Waals surface area contributed by atoms with Crippen LogP contribution in [0.2, 0.25) is 5.02 Å². The fraction of sp³-hybridized carbons (Fsp3) is 0.217. The van der Waals surface area contributed by atoms with E-state index in [0.717, 1.165) is 4.90 Å². The number of carbonyl (C=O) groups is 1. The van der Waals surface area contributed by atoms with Crippen LogP contribution in [0.1, 0.15) is 17.5 Å². The number of hydrogen-bond acceptors (Lipinski definition) is 8. The van der Waals surface area contributed by atoms with E-state index in [1.807, 2.05) is 24.3 Å². The number of carbonyl (C=O) groups excluding carboxylic acids is 1. The number of benzene rings is 2. The Hall–Kier alpha value is -3.27. The minimum absolute atomic E-state index is 0.162. The molecule has 13 heteroatoms. The summed E-state index contributed by atoms with van der Waals surface area (Å²) >= 11 is 7.65. The van der Waals surface area contributed by atoms with Crippen LogP contribution in [0.3, 0.4) is 0 Å². The molecule has 36 heavy (non-hydrogen) atoms. The Balaban J connectivity index is 1.66. The highest BCUT2D eigenvalue weighted by molar-refractivity contribution is 7.99. The van der Waals surface area contributed by atoms with E-state index < -0.39 is 17.1 Å². The van der Waals surface area contributed by atoms with Crippen molar-refractivity contribution in [3.05, 3.63) is 63.6 Å². The fourth-order valence-electron chi connectivity index (χ4n) is 2.71. The minimum atomic E-state index is -4.68. The average Bonchev–Trinajstić information content (AvgIpc) is 3.31. The number of thioether (sulfide) groups is 1. The van der Waals surface area contributed by atoms with Crippen LogP contribution in [0.4, 0.5) is 18.3 Å². The smallest absolute Gasteiger partial charge is 0.445 e. The molecule has 0 aliphatic carbocycles. The Morgan fingerprint density at radius 2 is 1.94 bits per heavy atom. The normalized spacial score (nSPS) is 11.6. The molecule has 188 valence electrons. The van der Waals surface area contributed by atoms with Crippen molar-refractivity contribution in [2.75, 3.05) is 24.3 Å². The Labute approximate surface area is 217 Å². The summed E-state index contributed by atoms with van der Waals surface area (Å²) in [7, 11) is 0. The molecule has 0 aliphatic heterocycles. The molecule has 0 saturated heterocycles. The van der Waals surface area contributed by atoms with Crippen LogP contribution in [0.15, 0.2) is 52.9 Å². The monoisotopic (exact) mass is 554 g/mol. The molecule has 3 aromatic rings. The van der Waals surface area contributed by atoms with E-state index in [1.165, 1.54) is 6.08 Å². The van der Waals surface area contributed by atoms with Gasteiger partial charge in [0.05, 0.1) is 13.2 Å². The standard InChI is InChI=1S/C23H18ClF3N4O3S2/c1-2-33-19-12-14(3-8-18(19)34-9-10-35-17-6-4-16(24)5-7-17)11-15(13-28)20(32)29-22-31-30-21(36-22)23(25,26)27/h3-8,11-12H,2,9-10H2,1H3,(H,29,31,32)/b15-11-. The summed E-state index contributed by atoms with van der Waals surface area (Å²) in [6, 6.07) is 14.1. The molecular formula is C23H18ClF3N4O3S2. The third kappa shape index (κ3) is 7.87. The van der Waals surface area contributed by atoms with E-state index in [-0.39, 0.29) is 22.0 Å². The summed E-state index contributed by atoms with van der Waals surface area (Å²) in [5, 5.41) is 16.9. The van der Waals surface area contributed by atoms with E-state index in [9.17, 15) is 23.2 Å². The molecule has 3 rings (SSSR count). The van der Waals surface area contributed by atoms with Crippen LogP contribution in [0.5, 0.6) is 11.5 Å². The predicted molar refractivity (Wildman–Crippen MR) is 132 cm³/mol. The zero-order valence-electron chi connectivity index (χ0n) is 18.6. The van der Waals surface area contributed by atoms with Gasteiger partial charge in [-0.15, -0.1) is 22.0 Å². The van der Waals surface area contributed by atoms with Gasteiger partial charge in [-0.3, -0.25) is 10.1 Å². The number of aromatic nitrogens is 2. The molecule has 1 aromatic heterocycles. The topological polar surface area (TPSA) is 97.1 Å². The second-order valence-electron chi connectivity index (χ2n) is 6.82. The molecule has 0 bridgehead atoms. The molecule has 0 radical (unpaired) electrons. The van der Waals surface area contributed by atoms with E-state index in [4.69, 9.17) is 21.1 Å². The number of rotatable bonds is 10. The third-order valence-electron chi connectivity index (χ3n) is 4.25. The van der Waals surface area contributed by atoms with Gasteiger partial charge in [0, 0.05) is 15.7 Å². The van der Waals surface area contributed by atoms with E-state index in [2.05, 4.69) is 15.5 Å². The molecule has 0 spiro atoms. The molecule has 1 heterocycles. The molecule has 2 aromatic carbocycles. The number of hydrogen-bond donors (Lipinski definition) is 1. The maximum absolute atomic E-state index is 12.7. The lowest BCUT2D eigenvalue weighted by Crippen LogP contribution is -2.13. The van der Waals surface area contributed by atoms with Gasteiger partial charge in [-0.2, -0.15) is 18.4 Å². The van der Waals surface area contributed by atoms with Crippen molar-refractivity contribution in [3.63, 3.8) is 0 Å². The third-order valence-corrected chi connectivity index (χ3v) is 6.37. The van der Waals surface area contributed by atoms with Crippen molar-refractivity contribution in [2.45, 2.75) is 18.0 Å². The Bertz CT molecular complexity index is 1270. The van der Waals surface area contributed by atoms with Crippen LogP contribution >= 0.6 is 34.7 Å². The van der Waals surface area contributed by atoms with Crippen molar-refractivity contribution >= 4 is 51.8 Å². The van der Waals surface area contributed by atoms with Crippen molar-refractivity contribution in [1.29, 1.82) is 5.26 Å². The van der Waals surface area contributed by atoms with Gasteiger partial charge in [0.2, 0.25) is 10.1 Å². The van der Waals surface area contributed by atoms with Crippen LogP contribution in [0.25, 0.3) is 6.08 Å². The molecule has 1 amide bonds. The quantitative estimate of drug-likeness (QED) is 0.135. The van der Waals surface area contributed by atoms with Crippen LogP contribution in [0, 0.1) is 11.3 Å². The fourth-order valence-corrected chi connectivity index (χ4v) is 4.17. The van der Waals surface area contributed by atoms with Gasteiger partial charge in [-0.05, 0) is 55.0 Å². The molecule has 1 N–H and O–H groups in total. The first-order valence-corrected chi connectivity index (χ1v) is 12.5. The number of amides is 1. The number of halogens is 4. The summed E-state index contributed by atoms with van der Waals surface area (Å²) in [5.41, 5.74) is 0.121. The summed E-state index contributed by atoms with van der Waals surface area (Å²) in [6.45, 7) is 2.55. The molecule has 0 unspecified atom stereocenters. The van der Waals surface area contributed by atoms with Crippen molar-refractivity contribution in [1.82, 2.24) is 10.2 Å². The summed E-state index contributed by atoms with van der Waals surface area (Å²) < 4.78 is 49.5. The number of anilines is 1. The summed E-state index contributed by atoms with van der Waals surface area (Å²) in [6.07, 6.45) is -3.40. The average molecular weight is 555 g/mol. The van der Waals surface area contributed by atoms with Gasteiger partial charge in [-0.1, -0.05) is 29.0 Å². The number of nitrogens with one attached hydrogen (secondary N) is 1. The zero-order valence-corrected chi connectivity index (χ0v) is 21.0. The molecular weight excluding hydrogens is 537 g/mol. The summed E-state index contributed by atoms with van der Waals surface area (Å²) in [5.74, 6) is 0.663. The Kier molecular flexibility index (Phi) is 9.58. The maximum atomic E-state index is 12.7. The van der Waals surface area contributed by atoms with Crippen LogP contribution in [-0.2, 0) is 11.0 Å². The number of nitrogens with zero attached hydrogens (tertiary/aromatic N) is 3. The zero-order chi connectivity index (χ0) is 26.1. The van der Waals surface area contributed by atoms with Gasteiger partial charge < -0.3 is 9.47 Å². The number of ether oxygens (including phenoxy) is 2. The molecule has 0 saturated carbocycles. The number of nitriles is 1. The molecule has 0 fully saturated rings. The highest BCUT2D eigenvalue weighted by atomic mass is 35.5. The van der Waals surface area contributed by atoms with E-state index in [1.54, 1.807) is 43.0 Å². The molecule has 7 nitrogen and oxygen atoms in total. The highest BCUT2D eigenvalue weighted by Gasteiger charge is 2.35. The SMILES string of the molecule is CCOc1cc(/C=C(/C#N)C(=O)Nc2nnc(C(F)(F)F)s2)ccc1OCCSc1ccc(Cl)cc1. The van der Waals surface area contributed by atoms with E-state index in [0.29, 0.717) is 41.1 Å². The summed E-state index contributed by atoms with van der Waals surface area (Å²) in [4.78, 5) is 13.4. The van der Waals surface area contributed by atoms with Gasteiger partial charge in [-0.25, -0.2) is 0 Å². The first-order valence-electron chi connectivity index (χ1n) is 10.3. The second kappa shape index (κ2) is 12.6.